The molecule has 0 aliphatic rings. The highest BCUT2D eigenvalue weighted by Crippen LogP contribution is 2.13. The molecule has 0 radical (unpaired) electrons. The Morgan fingerprint density at radius 3 is 2.82 bits per heavy atom. The summed E-state index contributed by atoms with van der Waals surface area (Å²) in [6.07, 6.45) is 0. The van der Waals surface area contributed by atoms with Gasteiger partial charge in [-0.15, -0.1) is 0 Å². The first-order valence-corrected chi connectivity index (χ1v) is 4.93. The van der Waals surface area contributed by atoms with Crippen LogP contribution in [0.15, 0.2) is 24.3 Å². The van der Waals surface area contributed by atoms with Crippen molar-refractivity contribution in [2.24, 2.45) is 0 Å². The van der Waals surface area contributed by atoms with E-state index in [1.54, 1.807) is 24.3 Å². The minimum Gasteiger partial charge on any atom is -0.484 e. The normalized spacial score (nSPS) is 9.47. The van der Waals surface area contributed by atoms with Gasteiger partial charge in [0.15, 0.2) is 6.61 Å². The second kappa shape index (κ2) is 6.37. The largest absolute Gasteiger partial charge is 0.484 e. The van der Waals surface area contributed by atoms with Gasteiger partial charge in [-0.25, -0.2) is 0 Å². The predicted octanol–water partition coefficient (Wildman–Crippen LogP) is -0.0632. The van der Waals surface area contributed by atoms with Gasteiger partial charge >= 0.3 is 5.97 Å². The first-order valence-electron chi connectivity index (χ1n) is 4.93. The van der Waals surface area contributed by atoms with Gasteiger partial charge in [0.2, 0.25) is 0 Å². The molecular formula is C11H14N2O4. The molecule has 0 saturated carbocycles. The van der Waals surface area contributed by atoms with Crippen LogP contribution in [0.3, 0.4) is 0 Å². The van der Waals surface area contributed by atoms with Crippen molar-refractivity contribution in [1.29, 1.82) is 0 Å². The van der Waals surface area contributed by atoms with E-state index in [1.807, 2.05) is 0 Å². The molecule has 0 fully saturated rings. The van der Waals surface area contributed by atoms with Gasteiger partial charge < -0.3 is 20.5 Å². The summed E-state index contributed by atoms with van der Waals surface area (Å²) in [4.78, 5) is 22.0. The van der Waals surface area contributed by atoms with E-state index in [2.05, 4.69) is 10.1 Å². The van der Waals surface area contributed by atoms with Crippen LogP contribution in [0.4, 0.5) is 5.69 Å². The molecule has 0 aliphatic heterocycles. The number of anilines is 1. The Bertz CT molecular complexity index is 406. The van der Waals surface area contributed by atoms with E-state index in [0.717, 1.165) is 0 Å². The lowest BCUT2D eigenvalue weighted by Gasteiger charge is -2.07. The number of carbonyl (C=O) groups is 2. The SMILES string of the molecule is COC(=O)CNC(=O)COc1cccc(N)c1. The molecule has 0 aliphatic carbocycles. The third kappa shape index (κ3) is 4.87. The van der Waals surface area contributed by atoms with E-state index in [0.29, 0.717) is 11.4 Å². The lowest BCUT2D eigenvalue weighted by atomic mass is 10.3. The molecule has 3 N–H and O–H groups in total. The molecule has 6 heteroatoms. The minimum absolute atomic E-state index is 0.171. The Balaban J connectivity index is 2.31. The van der Waals surface area contributed by atoms with E-state index >= 15 is 0 Å². The molecule has 1 rings (SSSR count). The number of methoxy groups -OCH3 is 1. The number of ether oxygens (including phenoxy) is 2. The Morgan fingerprint density at radius 1 is 1.41 bits per heavy atom. The summed E-state index contributed by atoms with van der Waals surface area (Å²) < 4.78 is 9.54. The van der Waals surface area contributed by atoms with Gasteiger partial charge in [0, 0.05) is 11.8 Å². The number of carbonyl (C=O) groups excluding carboxylic acids is 2. The Kier molecular flexibility index (Phi) is 4.80. The van der Waals surface area contributed by atoms with Crippen molar-refractivity contribution < 1.29 is 19.1 Å². The summed E-state index contributed by atoms with van der Waals surface area (Å²) in [7, 11) is 1.25. The summed E-state index contributed by atoms with van der Waals surface area (Å²) in [6.45, 7) is -0.351. The number of amides is 1. The second-order valence-corrected chi connectivity index (χ2v) is 3.21. The second-order valence-electron chi connectivity index (χ2n) is 3.21. The van der Waals surface area contributed by atoms with Crippen LogP contribution in [-0.2, 0) is 14.3 Å². The molecule has 92 valence electrons. The van der Waals surface area contributed by atoms with Crippen molar-refractivity contribution >= 4 is 17.6 Å². The summed E-state index contributed by atoms with van der Waals surface area (Å²) >= 11 is 0. The summed E-state index contributed by atoms with van der Waals surface area (Å²) in [5, 5.41) is 2.35. The number of nitrogens with one attached hydrogen (secondary N) is 1. The lowest BCUT2D eigenvalue weighted by molar-refractivity contribution is -0.141. The highest BCUT2D eigenvalue weighted by Gasteiger charge is 2.05. The van der Waals surface area contributed by atoms with Crippen molar-refractivity contribution in [3.05, 3.63) is 24.3 Å². The summed E-state index contributed by atoms with van der Waals surface area (Å²) in [5.74, 6) is -0.418. The number of nitrogens with two attached hydrogens (primary N) is 1. The average Bonchev–Trinajstić information content (AvgIpc) is 2.33. The highest BCUT2D eigenvalue weighted by molar-refractivity contribution is 5.82. The average molecular weight is 238 g/mol. The van der Waals surface area contributed by atoms with Crippen LogP contribution in [0.5, 0.6) is 5.75 Å². The molecular weight excluding hydrogens is 224 g/mol. The number of hydrogen-bond acceptors (Lipinski definition) is 5. The standard InChI is InChI=1S/C11H14N2O4/c1-16-11(15)6-13-10(14)7-17-9-4-2-3-8(12)5-9/h2-5H,6-7,12H2,1H3,(H,13,14). The van der Waals surface area contributed by atoms with Crippen molar-refractivity contribution in [2.75, 3.05) is 26.0 Å². The van der Waals surface area contributed by atoms with Gasteiger partial charge in [-0.05, 0) is 12.1 Å². The smallest absolute Gasteiger partial charge is 0.325 e. The van der Waals surface area contributed by atoms with Gasteiger partial charge in [-0.2, -0.15) is 0 Å². The van der Waals surface area contributed by atoms with E-state index in [-0.39, 0.29) is 13.2 Å². The zero-order valence-corrected chi connectivity index (χ0v) is 9.43. The molecule has 0 spiro atoms. The monoisotopic (exact) mass is 238 g/mol. The van der Waals surface area contributed by atoms with Crippen LogP contribution in [0, 0.1) is 0 Å². The molecule has 0 unspecified atom stereocenters. The maximum absolute atomic E-state index is 11.2. The van der Waals surface area contributed by atoms with E-state index in [9.17, 15) is 9.59 Å². The minimum atomic E-state index is -0.512. The predicted molar refractivity (Wildman–Crippen MR) is 61.4 cm³/mol. The topological polar surface area (TPSA) is 90.6 Å². The van der Waals surface area contributed by atoms with E-state index in [4.69, 9.17) is 10.5 Å². The van der Waals surface area contributed by atoms with Crippen molar-refractivity contribution in [1.82, 2.24) is 5.32 Å². The van der Waals surface area contributed by atoms with Crippen LogP contribution in [-0.4, -0.2) is 32.1 Å². The fourth-order valence-corrected chi connectivity index (χ4v) is 1.05. The molecule has 0 bridgehead atoms. The Morgan fingerprint density at radius 2 is 2.18 bits per heavy atom. The fourth-order valence-electron chi connectivity index (χ4n) is 1.05. The fraction of sp³-hybridized carbons (Fsp3) is 0.273. The van der Waals surface area contributed by atoms with Gasteiger partial charge in [-0.1, -0.05) is 6.07 Å². The summed E-state index contributed by atoms with van der Waals surface area (Å²) in [6, 6.07) is 6.72. The Hall–Kier alpha value is -2.24. The van der Waals surface area contributed by atoms with Gasteiger partial charge in [-0.3, -0.25) is 9.59 Å². The van der Waals surface area contributed by atoms with Crippen LogP contribution in [0.2, 0.25) is 0 Å². The van der Waals surface area contributed by atoms with Gasteiger partial charge in [0.05, 0.1) is 7.11 Å². The number of esters is 1. The molecule has 1 amide bonds. The Labute approximate surface area is 98.7 Å². The van der Waals surface area contributed by atoms with Gasteiger partial charge in [0.1, 0.15) is 12.3 Å². The molecule has 17 heavy (non-hydrogen) atoms. The zero-order valence-electron chi connectivity index (χ0n) is 9.43. The third-order valence-electron chi connectivity index (χ3n) is 1.89. The van der Waals surface area contributed by atoms with Crippen molar-refractivity contribution in [3.8, 4) is 5.75 Å². The molecule has 0 heterocycles. The number of nitrogen functional groups attached to an aromatic ring is 1. The van der Waals surface area contributed by atoms with Gasteiger partial charge in [0.25, 0.3) is 5.91 Å². The molecule has 0 aromatic heterocycles. The zero-order chi connectivity index (χ0) is 12.7. The number of hydrogen-bond donors (Lipinski definition) is 2. The molecule has 6 nitrogen and oxygen atoms in total. The van der Waals surface area contributed by atoms with Crippen LogP contribution >= 0.6 is 0 Å². The molecule has 1 aromatic rings. The first kappa shape index (κ1) is 12.8. The maximum atomic E-state index is 11.2. The first-order chi connectivity index (χ1) is 8.11. The van der Waals surface area contributed by atoms with Crippen LogP contribution in [0.1, 0.15) is 0 Å². The van der Waals surface area contributed by atoms with Crippen LogP contribution < -0.4 is 15.8 Å². The molecule has 0 saturated heterocycles. The lowest BCUT2D eigenvalue weighted by Crippen LogP contribution is -2.33. The quantitative estimate of drug-likeness (QED) is 0.554. The van der Waals surface area contributed by atoms with E-state index in [1.165, 1.54) is 7.11 Å². The number of rotatable bonds is 5. The number of benzene rings is 1. The van der Waals surface area contributed by atoms with Crippen LogP contribution in [0.25, 0.3) is 0 Å². The van der Waals surface area contributed by atoms with E-state index < -0.39 is 11.9 Å². The third-order valence-corrected chi connectivity index (χ3v) is 1.89. The van der Waals surface area contributed by atoms with Crippen molar-refractivity contribution in [2.45, 2.75) is 0 Å². The summed E-state index contributed by atoms with van der Waals surface area (Å²) in [5.41, 5.74) is 6.09. The molecule has 1 aromatic carbocycles. The molecule has 0 atom stereocenters. The highest BCUT2D eigenvalue weighted by atomic mass is 16.5. The maximum Gasteiger partial charge on any atom is 0.325 e. The van der Waals surface area contributed by atoms with Crippen molar-refractivity contribution in [3.63, 3.8) is 0 Å².